The van der Waals surface area contributed by atoms with Gasteiger partial charge in [0.25, 0.3) is 15.7 Å². The number of non-ortho nitro benzene ring substituents is 1. The molecular formula is C24H20N4O7S. The van der Waals surface area contributed by atoms with Crippen LogP contribution in [0.4, 0.5) is 5.69 Å². The average molecular weight is 509 g/mol. The van der Waals surface area contributed by atoms with Crippen LogP contribution in [-0.2, 0) is 14.8 Å². The predicted molar refractivity (Wildman–Crippen MR) is 131 cm³/mol. The first-order valence-electron chi connectivity index (χ1n) is 10.6. The quantitative estimate of drug-likeness (QED) is 0.195. The number of nitro benzene ring substituents is 1. The van der Waals surface area contributed by atoms with Crippen LogP contribution in [0, 0.1) is 10.1 Å². The molecule has 3 aromatic carbocycles. The van der Waals surface area contributed by atoms with E-state index < -0.39 is 20.9 Å². The molecule has 0 aliphatic carbocycles. The maximum Gasteiger partial charge on any atom is 0.338 e. The van der Waals surface area contributed by atoms with E-state index in [9.17, 15) is 23.3 Å². The van der Waals surface area contributed by atoms with E-state index in [1.807, 2.05) is 0 Å². The maximum atomic E-state index is 12.5. The van der Waals surface area contributed by atoms with Gasteiger partial charge in [-0.25, -0.2) is 9.80 Å². The van der Waals surface area contributed by atoms with Crippen LogP contribution in [0.15, 0.2) is 87.2 Å². The highest BCUT2D eigenvalue weighted by atomic mass is 32.2. The SMILES string of the molecule is COc1ccc(/C=N\N(CCOC(=O)c2cccc([N+](=O)[O-])c2)C2=NS(=O)(=O)c3ccccc32)cc1. The van der Waals surface area contributed by atoms with Crippen molar-refractivity contribution in [3.05, 3.63) is 99.6 Å². The second kappa shape index (κ2) is 10.4. The molecule has 36 heavy (non-hydrogen) atoms. The second-order valence-corrected chi connectivity index (χ2v) is 9.04. The van der Waals surface area contributed by atoms with E-state index in [0.29, 0.717) is 16.9 Å². The lowest BCUT2D eigenvalue weighted by Gasteiger charge is -2.19. The Bertz CT molecular complexity index is 1470. The van der Waals surface area contributed by atoms with Crippen LogP contribution in [0.5, 0.6) is 5.75 Å². The molecule has 1 heterocycles. The van der Waals surface area contributed by atoms with Gasteiger partial charge in [-0.15, -0.1) is 4.40 Å². The fourth-order valence-electron chi connectivity index (χ4n) is 3.37. The van der Waals surface area contributed by atoms with Crippen LogP contribution >= 0.6 is 0 Å². The lowest BCUT2D eigenvalue weighted by atomic mass is 10.2. The highest BCUT2D eigenvalue weighted by molar-refractivity contribution is 7.90. The Morgan fingerprint density at radius 3 is 2.58 bits per heavy atom. The second-order valence-electron chi connectivity index (χ2n) is 7.47. The number of rotatable bonds is 8. The number of carbonyl (C=O) groups excluding carboxylic acids is 1. The summed E-state index contributed by atoms with van der Waals surface area (Å²) in [5, 5.41) is 16.7. The third kappa shape index (κ3) is 5.39. The van der Waals surface area contributed by atoms with Gasteiger partial charge in [0.15, 0.2) is 5.84 Å². The monoisotopic (exact) mass is 508 g/mol. The Hall–Kier alpha value is -4.58. The fraction of sp³-hybridized carbons (Fsp3) is 0.125. The lowest BCUT2D eigenvalue weighted by Crippen LogP contribution is -2.30. The molecule has 1 aliphatic rings. The van der Waals surface area contributed by atoms with E-state index in [2.05, 4.69) is 9.50 Å². The van der Waals surface area contributed by atoms with E-state index in [1.54, 1.807) is 49.6 Å². The van der Waals surface area contributed by atoms with Crippen molar-refractivity contribution in [2.24, 2.45) is 9.50 Å². The molecule has 0 amide bonds. The minimum atomic E-state index is -3.90. The standard InChI is InChI=1S/C24H20N4O7S/c1-34-20-11-9-17(10-12-20)16-25-27(23-21-7-2-3-8-22(21)36(32,33)26-23)13-14-35-24(29)18-5-4-6-19(15-18)28(30)31/h2-12,15-16H,13-14H2,1H3/b25-16-. The number of benzene rings is 3. The molecule has 0 fully saturated rings. The molecule has 0 aromatic heterocycles. The number of esters is 1. The number of sulfonamides is 1. The van der Waals surface area contributed by atoms with Gasteiger partial charge in [0, 0.05) is 17.7 Å². The van der Waals surface area contributed by atoms with Crippen molar-refractivity contribution in [3.63, 3.8) is 0 Å². The number of hydrazone groups is 1. The minimum absolute atomic E-state index is 0.0172. The number of hydrogen-bond donors (Lipinski definition) is 0. The van der Waals surface area contributed by atoms with Gasteiger partial charge < -0.3 is 9.47 Å². The van der Waals surface area contributed by atoms with E-state index in [0.717, 1.165) is 6.07 Å². The van der Waals surface area contributed by atoms with Crippen molar-refractivity contribution in [3.8, 4) is 5.75 Å². The molecule has 1 aliphatic heterocycles. The summed E-state index contributed by atoms with van der Waals surface area (Å²) >= 11 is 0. The summed E-state index contributed by atoms with van der Waals surface area (Å²) in [6, 6.07) is 18.6. The Kier molecular flexibility index (Phi) is 7.06. The van der Waals surface area contributed by atoms with Crippen molar-refractivity contribution in [1.29, 1.82) is 0 Å². The van der Waals surface area contributed by atoms with E-state index in [1.165, 1.54) is 35.5 Å². The van der Waals surface area contributed by atoms with Gasteiger partial charge in [-0.05, 0) is 48.0 Å². The smallest absolute Gasteiger partial charge is 0.338 e. The molecule has 0 spiro atoms. The summed E-state index contributed by atoms with van der Waals surface area (Å²) in [5.41, 5.74) is 0.861. The Morgan fingerprint density at radius 1 is 1.11 bits per heavy atom. The van der Waals surface area contributed by atoms with Crippen molar-refractivity contribution in [2.75, 3.05) is 20.3 Å². The summed E-state index contributed by atoms with van der Waals surface area (Å²) in [6.45, 7) is -0.223. The van der Waals surface area contributed by atoms with Gasteiger partial charge in [0.2, 0.25) is 0 Å². The predicted octanol–water partition coefficient (Wildman–Crippen LogP) is 3.25. The first-order valence-corrected chi connectivity index (χ1v) is 12.0. The lowest BCUT2D eigenvalue weighted by molar-refractivity contribution is -0.384. The van der Waals surface area contributed by atoms with E-state index in [4.69, 9.17) is 9.47 Å². The molecule has 184 valence electrons. The molecule has 0 bridgehead atoms. The fourth-order valence-corrected chi connectivity index (χ4v) is 4.58. The van der Waals surface area contributed by atoms with Crippen LogP contribution < -0.4 is 4.74 Å². The number of nitrogens with zero attached hydrogens (tertiary/aromatic N) is 4. The molecule has 0 saturated heterocycles. The molecule has 0 atom stereocenters. The molecule has 0 N–H and O–H groups in total. The number of nitro groups is 1. The van der Waals surface area contributed by atoms with Crippen LogP contribution in [0.2, 0.25) is 0 Å². The van der Waals surface area contributed by atoms with Gasteiger partial charge in [-0.1, -0.05) is 18.2 Å². The highest BCUT2D eigenvalue weighted by Crippen LogP contribution is 2.27. The summed E-state index contributed by atoms with van der Waals surface area (Å²) in [5.74, 6) is -0.0156. The van der Waals surface area contributed by atoms with Gasteiger partial charge in [-0.3, -0.25) is 10.1 Å². The molecule has 0 radical (unpaired) electrons. The number of methoxy groups -OCH3 is 1. The van der Waals surface area contributed by atoms with Crippen LogP contribution in [0.1, 0.15) is 21.5 Å². The van der Waals surface area contributed by atoms with Gasteiger partial charge >= 0.3 is 5.97 Å². The molecule has 12 heteroatoms. The number of fused-ring (bicyclic) bond motifs is 1. The van der Waals surface area contributed by atoms with Crippen LogP contribution in [-0.4, -0.2) is 56.6 Å². The summed E-state index contributed by atoms with van der Waals surface area (Å²) in [6.07, 6.45) is 1.51. The van der Waals surface area contributed by atoms with Crippen LogP contribution in [0.25, 0.3) is 0 Å². The number of carbonyl (C=O) groups is 1. The molecule has 0 saturated carbocycles. The number of ether oxygens (including phenoxy) is 2. The summed E-state index contributed by atoms with van der Waals surface area (Å²) in [4.78, 5) is 22.8. The van der Waals surface area contributed by atoms with E-state index in [-0.39, 0.29) is 35.1 Å². The third-order valence-electron chi connectivity index (χ3n) is 5.15. The van der Waals surface area contributed by atoms with Gasteiger partial charge in [-0.2, -0.15) is 13.5 Å². The molecule has 0 unspecified atom stereocenters. The topological polar surface area (TPSA) is 141 Å². The first kappa shape index (κ1) is 24.5. The normalized spacial score (nSPS) is 13.6. The van der Waals surface area contributed by atoms with Crippen molar-refractivity contribution in [2.45, 2.75) is 4.90 Å². The van der Waals surface area contributed by atoms with Gasteiger partial charge in [0.05, 0.1) is 30.4 Å². The Balaban J connectivity index is 1.56. The largest absolute Gasteiger partial charge is 0.497 e. The van der Waals surface area contributed by atoms with Crippen LogP contribution in [0.3, 0.4) is 0 Å². The molecule has 11 nitrogen and oxygen atoms in total. The van der Waals surface area contributed by atoms with Crippen molar-refractivity contribution < 1.29 is 27.6 Å². The third-order valence-corrected chi connectivity index (χ3v) is 6.47. The molecule has 3 aromatic rings. The zero-order valence-corrected chi connectivity index (χ0v) is 19.8. The first-order chi connectivity index (χ1) is 17.3. The Labute approximate surface area is 206 Å². The minimum Gasteiger partial charge on any atom is -0.497 e. The molecular weight excluding hydrogens is 488 g/mol. The number of amidine groups is 1. The average Bonchev–Trinajstić information content (AvgIpc) is 3.17. The summed E-state index contributed by atoms with van der Waals surface area (Å²) in [7, 11) is -2.35. The van der Waals surface area contributed by atoms with E-state index >= 15 is 0 Å². The number of hydrogen-bond acceptors (Lipinski definition) is 9. The Morgan fingerprint density at radius 2 is 1.86 bits per heavy atom. The van der Waals surface area contributed by atoms with Gasteiger partial charge in [0.1, 0.15) is 17.3 Å². The molecule has 4 rings (SSSR count). The zero-order valence-electron chi connectivity index (χ0n) is 19.0. The van der Waals surface area contributed by atoms with Crippen molar-refractivity contribution in [1.82, 2.24) is 5.01 Å². The highest BCUT2D eigenvalue weighted by Gasteiger charge is 2.31. The maximum absolute atomic E-state index is 12.5. The van der Waals surface area contributed by atoms with Crippen molar-refractivity contribution >= 4 is 33.7 Å². The zero-order chi connectivity index (χ0) is 25.7. The summed E-state index contributed by atoms with van der Waals surface area (Å²) < 4.78 is 39.4.